The number of rotatable bonds is 4. The van der Waals surface area contributed by atoms with Crippen LogP contribution in [0.5, 0.6) is 0 Å². The maximum absolute atomic E-state index is 5.72. The van der Waals surface area contributed by atoms with Crippen molar-refractivity contribution in [3.63, 3.8) is 0 Å². The smallest absolute Gasteiger partial charge is 0.0318 e. The average molecular weight is 178 g/mol. The Hall–Kier alpha value is -1.02. The van der Waals surface area contributed by atoms with Crippen LogP contribution in [0, 0.1) is 0 Å². The summed E-state index contributed by atoms with van der Waals surface area (Å²) in [5, 5.41) is 3.29. The molecule has 2 nitrogen and oxygen atoms in total. The van der Waals surface area contributed by atoms with Crippen molar-refractivity contribution in [2.45, 2.75) is 25.8 Å². The molecule has 0 saturated carbocycles. The highest BCUT2D eigenvalue weighted by molar-refractivity contribution is 5.41. The van der Waals surface area contributed by atoms with E-state index in [9.17, 15) is 0 Å². The first-order valence-corrected chi connectivity index (χ1v) is 4.80. The fourth-order valence-corrected chi connectivity index (χ4v) is 1.54. The van der Waals surface area contributed by atoms with E-state index in [-0.39, 0.29) is 0 Å². The van der Waals surface area contributed by atoms with Crippen molar-refractivity contribution < 1.29 is 0 Å². The molecule has 0 bridgehead atoms. The zero-order chi connectivity index (χ0) is 9.68. The molecule has 0 aliphatic heterocycles. The predicted octanol–water partition coefficient (Wildman–Crippen LogP) is 2.33. The standard InChI is InChI=1S/C11H18N2/c1-3-5-11(13-2)9-6-4-7-10(12)8-9/h4,6-8,11,13H,3,5,12H2,1-2H3. The highest BCUT2D eigenvalue weighted by Gasteiger charge is 2.06. The lowest BCUT2D eigenvalue weighted by Gasteiger charge is -2.15. The average Bonchev–Trinajstić information content (AvgIpc) is 2.14. The summed E-state index contributed by atoms with van der Waals surface area (Å²) in [5.41, 5.74) is 7.84. The van der Waals surface area contributed by atoms with Crippen LogP contribution in [0.25, 0.3) is 0 Å². The lowest BCUT2D eigenvalue weighted by Crippen LogP contribution is -2.16. The summed E-state index contributed by atoms with van der Waals surface area (Å²) in [5.74, 6) is 0. The zero-order valence-corrected chi connectivity index (χ0v) is 8.38. The van der Waals surface area contributed by atoms with Crippen LogP contribution in [0.15, 0.2) is 24.3 Å². The van der Waals surface area contributed by atoms with Gasteiger partial charge in [0.15, 0.2) is 0 Å². The van der Waals surface area contributed by atoms with E-state index in [1.54, 1.807) is 0 Å². The Balaban J connectivity index is 2.78. The highest BCUT2D eigenvalue weighted by atomic mass is 14.9. The van der Waals surface area contributed by atoms with Crippen LogP contribution in [0.3, 0.4) is 0 Å². The number of nitrogens with one attached hydrogen (secondary N) is 1. The SMILES string of the molecule is CCCC(NC)c1cccc(N)c1. The highest BCUT2D eigenvalue weighted by Crippen LogP contribution is 2.19. The number of anilines is 1. The molecule has 2 heteroatoms. The van der Waals surface area contributed by atoms with Crippen LogP contribution in [0.4, 0.5) is 5.69 Å². The van der Waals surface area contributed by atoms with Crippen molar-refractivity contribution >= 4 is 5.69 Å². The monoisotopic (exact) mass is 178 g/mol. The van der Waals surface area contributed by atoms with Crippen LogP contribution >= 0.6 is 0 Å². The van der Waals surface area contributed by atoms with E-state index in [1.165, 1.54) is 12.0 Å². The fraction of sp³-hybridized carbons (Fsp3) is 0.455. The van der Waals surface area contributed by atoms with Gasteiger partial charge in [0.2, 0.25) is 0 Å². The second kappa shape index (κ2) is 4.87. The van der Waals surface area contributed by atoms with Gasteiger partial charge in [0, 0.05) is 11.7 Å². The number of hydrogen-bond donors (Lipinski definition) is 2. The number of hydrogen-bond acceptors (Lipinski definition) is 2. The molecule has 0 aromatic heterocycles. The van der Waals surface area contributed by atoms with Crippen molar-refractivity contribution in [1.82, 2.24) is 5.32 Å². The zero-order valence-electron chi connectivity index (χ0n) is 8.38. The van der Waals surface area contributed by atoms with Crippen LogP contribution < -0.4 is 11.1 Å². The Labute approximate surface area is 80.1 Å². The van der Waals surface area contributed by atoms with Crippen molar-refractivity contribution in [2.75, 3.05) is 12.8 Å². The maximum atomic E-state index is 5.72. The Morgan fingerprint density at radius 1 is 1.46 bits per heavy atom. The van der Waals surface area contributed by atoms with Crippen LogP contribution in [-0.2, 0) is 0 Å². The van der Waals surface area contributed by atoms with E-state index >= 15 is 0 Å². The van der Waals surface area contributed by atoms with Gasteiger partial charge in [-0.25, -0.2) is 0 Å². The molecular formula is C11H18N2. The Bertz CT molecular complexity index is 258. The first-order valence-electron chi connectivity index (χ1n) is 4.80. The van der Waals surface area contributed by atoms with Gasteiger partial charge >= 0.3 is 0 Å². The topological polar surface area (TPSA) is 38.0 Å². The maximum Gasteiger partial charge on any atom is 0.0318 e. The first-order chi connectivity index (χ1) is 6.27. The molecule has 1 rings (SSSR count). The second-order valence-corrected chi connectivity index (χ2v) is 3.30. The Morgan fingerprint density at radius 2 is 2.23 bits per heavy atom. The number of nitrogen functional groups attached to an aromatic ring is 1. The van der Waals surface area contributed by atoms with Gasteiger partial charge in [-0.05, 0) is 31.2 Å². The molecule has 0 fully saturated rings. The quantitative estimate of drug-likeness (QED) is 0.694. The fourth-order valence-electron chi connectivity index (χ4n) is 1.54. The summed E-state index contributed by atoms with van der Waals surface area (Å²) in [4.78, 5) is 0. The molecular weight excluding hydrogens is 160 g/mol. The summed E-state index contributed by atoms with van der Waals surface area (Å²) >= 11 is 0. The first kappa shape index (κ1) is 10.1. The largest absolute Gasteiger partial charge is 0.399 e. The molecule has 0 aliphatic rings. The van der Waals surface area contributed by atoms with E-state index in [0.29, 0.717) is 6.04 Å². The minimum Gasteiger partial charge on any atom is -0.399 e. The van der Waals surface area contributed by atoms with E-state index < -0.39 is 0 Å². The van der Waals surface area contributed by atoms with Crippen LogP contribution in [0.1, 0.15) is 31.4 Å². The van der Waals surface area contributed by atoms with Crippen molar-refractivity contribution in [3.8, 4) is 0 Å². The van der Waals surface area contributed by atoms with Gasteiger partial charge in [-0.1, -0.05) is 25.5 Å². The lowest BCUT2D eigenvalue weighted by atomic mass is 10.0. The van der Waals surface area contributed by atoms with E-state index in [1.807, 2.05) is 25.2 Å². The van der Waals surface area contributed by atoms with Crippen molar-refractivity contribution in [3.05, 3.63) is 29.8 Å². The van der Waals surface area contributed by atoms with E-state index in [4.69, 9.17) is 5.73 Å². The van der Waals surface area contributed by atoms with Crippen LogP contribution in [0.2, 0.25) is 0 Å². The van der Waals surface area contributed by atoms with Gasteiger partial charge in [0.1, 0.15) is 0 Å². The van der Waals surface area contributed by atoms with Gasteiger partial charge in [-0.3, -0.25) is 0 Å². The molecule has 1 aromatic carbocycles. The lowest BCUT2D eigenvalue weighted by molar-refractivity contribution is 0.542. The summed E-state index contributed by atoms with van der Waals surface area (Å²) in [7, 11) is 1.99. The van der Waals surface area contributed by atoms with Crippen LogP contribution in [-0.4, -0.2) is 7.05 Å². The molecule has 13 heavy (non-hydrogen) atoms. The molecule has 72 valence electrons. The molecule has 0 saturated heterocycles. The molecule has 1 atom stereocenters. The molecule has 3 N–H and O–H groups in total. The van der Waals surface area contributed by atoms with Gasteiger partial charge in [0.25, 0.3) is 0 Å². The molecule has 0 spiro atoms. The summed E-state index contributed by atoms with van der Waals surface area (Å²) in [6.45, 7) is 2.19. The molecule has 0 amide bonds. The molecule has 0 aliphatic carbocycles. The van der Waals surface area contributed by atoms with Gasteiger partial charge < -0.3 is 11.1 Å². The van der Waals surface area contributed by atoms with Gasteiger partial charge in [-0.15, -0.1) is 0 Å². The molecule has 1 aromatic rings. The third kappa shape index (κ3) is 2.74. The van der Waals surface area contributed by atoms with Gasteiger partial charge in [-0.2, -0.15) is 0 Å². The predicted molar refractivity (Wildman–Crippen MR) is 57.6 cm³/mol. The summed E-state index contributed by atoms with van der Waals surface area (Å²) in [6.07, 6.45) is 2.33. The summed E-state index contributed by atoms with van der Waals surface area (Å²) in [6, 6.07) is 8.52. The third-order valence-electron chi connectivity index (χ3n) is 2.24. The molecule has 1 unspecified atom stereocenters. The summed E-state index contributed by atoms with van der Waals surface area (Å²) < 4.78 is 0. The normalized spacial score (nSPS) is 12.8. The number of nitrogens with two attached hydrogens (primary N) is 1. The Kier molecular flexibility index (Phi) is 3.77. The minimum atomic E-state index is 0.438. The van der Waals surface area contributed by atoms with E-state index in [2.05, 4.69) is 18.3 Å². The third-order valence-corrected chi connectivity index (χ3v) is 2.24. The Morgan fingerprint density at radius 3 is 2.77 bits per heavy atom. The second-order valence-electron chi connectivity index (χ2n) is 3.30. The molecule has 0 heterocycles. The van der Waals surface area contributed by atoms with Crippen molar-refractivity contribution in [2.24, 2.45) is 0 Å². The van der Waals surface area contributed by atoms with E-state index in [0.717, 1.165) is 12.1 Å². The van der Waals surface area contributed by atoms with Gasteiger partial charge in [0.05, 0.1) is 0 Å². The van der Waals surface area contributed by atoms with Crippen molar-refractivity contribution in [1.29, 1.82) is 0 Å². The number of benzene rings is 1. The molecule has 0 radical (unpaired) electrons. The minimum absolute atomic E-state index is 0.438.